The molecule has 2 aliphatic heterocycles. The fraction of sp³-hybridized carbons (Fsp3) is 0.658. The van der Waals surface area contributed by atoms with E-state index in [2.05, 4.69) is 29.1 Å². The van der Waals surface area contributed by atoms with Crippen LogP contribution < -0.4 is 4.84 Å². The van der Waals surface area contributed by atoms with E-state index < -0.39 is 53.2 Å². The van der Waals surface area contributed by atoms with E-state index in [9.17, 15) is 19.8 Å². The molecule has 2 bridgehead atoms. The summed E-state index contributed by atoms with van der Waals surface area (Å²) in [5.74, 6) is -2.91. The highest BCUT2D eigenvalue weighted by Gasteiger charge is 2.51. The molecule has 12 nitrogen and oxygen atoms in total. The second-order valence-corrected chi connectivity index (χ2v) is 14.9. The van der Waals surface area contributed by atoms with Crippen molar-refractivity contribution in [3.8, 4) is 11.4 Å². The van der Waals surface area contributed by atoms with Crippen molar-refractivity contribution in [2.75, 3.05) is 13.2 Å². The summed E-state index contributed by atoms with van der Waals surface area (Å²) in [5, 5.41) is 32.8. The third-order valence-electron chi connectivity index (χ3n) is 10.6. The number of hydrogen-bond acceptors (Lipinski definition) is 10. The van der Waals surface area contributed by atoms with E-state index in [0.717, 1.165) is 5.69 Å². The molecule has 0 aliphatic carbocycles. The van der Waals surface area contributed by atoms with Crippen molar-refractivity contribution >= 4 is 23.3 Å². The van der Waals surface area contributed by atoms with E-state index in [0.29, 0.717) is 23.6 Å². The third-order valence-corrected chi connectivity index (χ3v) is 10.6. The van der Waals surface area contributed by atoms with Crippen molar-refractivity contribution in [3.63, 3.8) is 0 Å². The number of fused-ring (bicyclic) bond motifs is 5. The Kier molecular flexibility index (Phi) is 12.8. The highest BCUT2D eigenvalue weighted by Crippen LogP contribution is 2.44. The maximum absolute atomic E-state index is 13.6. The van der Waals surface area contributed by atoms with Crippen molar-refractivity contribution < 1.29 is 38.9 Å². The van der Waals surface area contributed by atoms with E-state index in [1.807, 2.05) is 59.0 Å². The summed E-state index contributed by atoms with van der Waals surface area (Å²) in [4.78, 5) is 36.6. The maximum atomic E-state index is 13.6. The number of carbonyl (C=O) groups is 2. The molecule has 3 heterocycles. The molecule has 2 fully saturated rings. The number of benzene rings is 1. The lowest BCUT2D eigenvalue weighted by atomic mass is 9.66. The van der Waals surface area contributed by atoms with Crippen LogP contribution in [0.15, 0.2) is 52.9 Å². The van der Waals surface area contributed by atoms with E-state index in [-0.39, 0.29) is 43.3 Å². The van der Waals surface area contributed by atoms with Crippen molar-refractivity contribution in [2.24, 2.45) is 45.7 Å². The Morgan fingerprint density at radius 1 is 1.12 bits per heavy atom. The SMILES string of the molecule is CC[C@H]1OC(=O)[C@H](C)[C@@H](O)[C@H](C)[C@@H](C(C)C)[C@@]2(C)C[C@@H](C)C(=NC(C)=O)[C@H](C)[C@@H](OC/C(=N\Oc3ccc(-n4cccn4)cc3)CO2)[C@]1(C)O. The monoisotopic (exact) mass is 696 g/mol. The Morgan fingerprint density at radius 3 is 2.38 bits per heavy atom. The van der Waals surface area contributed by atoms with Crippen molar-refractivity contribution in [2.45, 2.75) is 112 Å². The topological polar surface area (TPSA) is 154 Å². The van der Waals surface area contributed by atoms with Gasteiger partial charge >= 0.3 is 5.97 Å². The molecule has 50 heavy (non-hydrogen) atoms. The van der Waals surface area contributed by atoms with Crippen LogP contribution in [-0.2, 0) is 23.8 Å². The first-order valence-electron chi connectivity index (χ1n) is 17.8. The summed E-state index contributed by atoms with van der Waals surface area (Å²) in [6.45, 7) is 18.3. The Labute approximate surface area is 296 Å². The number of aliphatic hydroxyl groups is 2. The van der Waals surface area contributed by atoms with E-state index in [1.165, 1.54) is 6.92 Å². The highest BCUT2D eigenvalue weighted by molar-refractivity contribution is 5.98. The number of aliphatic imine (C=N–C) groups is 1. The van der Waals surface area contributed by atoms with Crippen LogP contribution in [0.2, 0.25) is 0 Å². The predicted octanol–water partition coefficient (Wildman–Crippen LogP) is 5.42. The highest BCUT2D eigenvalue weighted by atomic mass is 16.6. The minimum atomic E-state index is -1.74. The minimum Gasteiger partial charge on any atom is -0.459 e. The molecule has 12 heteroatoms. The molecule has 2 aliphatic rings. The van der Waals surface area contributed by atoms with Gasteiger partial charge < -0.3 is 29.3 Å². The van der Waals surface area contributed by atoms with Crippen LogP contribution in [0.3, 0.4) is 0 Å². The number of ether oxygens (including phenoxy) is 3. The fourth-order valence-electron chi connectivity index (χ4n) is 8.27. The van der Waals surface area contributed by atoms with Crippen LogP contribution in [-0.4, -0.2) is 86.0 Å². The van der Waals surface area contributed by atoms with Crippen molar-refractivity contribution in [3.05, 3.63) is 42.7 Å². The van der Waals surface area contributed by atoms with Crippen LogP contribution in [0.1, 0.15) is 82.1 Å². The smallest absolute Gasteiger partial charge is 0.311 e. The number of aromatic nitrogens is 2. The first-order chi connectivity index (χ1) is 23.5. The zero-order valence-electron chi connectivity index (χ0n) is 31.2. The van der Waals surface area contributed by atoms with Gasteiger partial charge in [0, 0.05) is 30.9 Å². The fourth-order valence-corrected chi connectivity index (χ4v) is 8.27. The number of esters is 1. The molecular formula is C38H56N4O8. The number of nitrogens with zero attached hydrogens (tertiary/aromatic N) is 4. The Morgan fingerprint density at radius 2 is 1.80 bits per heavy atom. The number of carbonyl (C=O) groups excluding carboxylic acids is 2. The predicted molar refractivity (Wildman–Crippen MR) is 190 cm³/mol. The number of aliphatic hydroxyl groups excluding tert-OH is 1. The lowest BCUT2D eigenvalue weighted by Gasteiger charge is -2.47. The summed E-state index contributed by atoms with van der Waals surface area (Å²) >= 11 is 0. The average Bonchev–Trinajstić information content (AvgIpc) is 3.60. The molecule has 276 valence electrons. The van der Waals surface area contributed by atoms with Gasteiger partial charge in [-0.3, -0.25) is 9.59 Å². The van der Waals surface area contributed by atoms with E-state index in [4.69, 9.17) is 19.0 Å². The van der Waals surface area contributed by atoms with Crippen LogP contribution in [0.5, 0.6) is 5.75 Å². The van der Waals surface area contributed by atoms with Gasteiger partial charge in [-0.05, 0) is 87.6 Å². The van der Waals surface area contributed by atoms with E-state index >= 15 is 0 Å². The summed E-state index contributed by atoms with van der Waals surface area (Å²) in [7, 11) is 0. The molecule has 1 aromatic heterocycles. The first kappa shape index (κ1) is 39.3. The molecule has 4 rings (SSSR count). The summed E-state index contributed by atoms with van der Waals surface area (Å²) in [6.07, 6.45) is 1.19. The van der Waals surface area contributed by atoms with Gasteiger partial charge in [0.25, 0.3) is 0 Å². The zero-order valence-corrected chi connectivity index (χ0v) is 31.2. The van der Waals surface area contributed by atoms with Crippen LogP contribution in [0.4, 0.5) is 0 Å². The molecule has 1 aromatic carbocycles. The van der Waals surface area contributed by atoms with Crippen molar-refractivity contribution in [1.29, 1.82) is 0 Å². The number of amides is 1. The van der Waals surface area contributed by atoms with Gasteiger partial charge in [-0.2, -0.15) is 5.10 Å². The first-order valence-corrected chi connectivity index (χ1v) is 17.8. The summed E-state index contributed by atoms with van der Waals surface area (Å²) in [5.41, 5.74) is -0.816. The van der Waals surface area contributed by atoms with Gasteiger partial charge in [0.05, 0.1) is 42.6 Å². The van der Waals surface area contributed by atoms with Crippen LogP contribution in [0, 0.1) is 35.5 Å². The average molecular weight is 697 g/mol. The minimum absolute atomic E-state index is 0.0155. The summed E-state index contributed by atoms with van der Waals surface area (Å²) < 4.78 is 21.2. The van der Waals surface area contributed by atoms with Crippen molar-refractivity contribution in [1.82, 2.24) is 9.78 Å². The normalized spacial score (nSPS) is 36.4. The second-order valence-electron chi connectivity index (χ2n) is 14.9. The number of cyclic esters (lactones) is 1. The molecule has 2 aromatic rings. The lowest BCUT2D eigenvalue weighted by Crippen LogP contribution is -2.58. The maximum Gasteiger partial charge on any atom is 0.311 e. The van der Waals surface area contributed by atoms with Gasteiger partial charge in [-0.15, -0.1) is 0 Å². The number of oxime groups is 1. The zero-order chi connectivity index (χ0) is 37.0. The quantitative estimate of drug-likeness (QED) is 0.308. The third kappa shape index (κ3) is 8.70. The van der Waals surface area contributed by atoms with Gasteiger partial charge in [0.15, 0.2) is 5.75 Å². The van der Waals surface area contributed by atoms with E-state index in [1.54, 1.807) is 36.9 Å². The molecule has 0 radical (unpaired) electrons. The lowest BCUT2D eigenvalue weighted by molar-refractivity contribution is -0.195. The van der Waals surface area contributed by atoms with Crippen LogP contribution in [0.25, 0.3) is 5.69 Å². The van der Waals surface area contributed by atoms with Gasteiger partial charge in [-0.25, -0.2) is 9.67 Å². The van der Waals surface area contributed by atoms with Gasteiger partial charge in [-0.1, -0.05) is 46.7 Å². The summed E-state index contributed by atoms with van der Waals surface area (Å²) in [6, 6.07) is 9.15. The van der Waals surface area contributed by atoms with Gasteiger partial charge in [0.2, 0.25) is 5.91 Å². The number of hydrogen-bond donors (Lipinski definition) is 2. The molecule has 2 N–H and O–H groups in total. The van der Waals surface area contributed by atoms with Crippen LogP contribution >= 0.6 is 0 Å². The Bertz CT molecular complexity index is 1500. The second kappa shape index (κ2) is 16.3. The molecule has 0 spiro atoms. The molecule has 0 saturated carbocycles. The Balaban J connectivity index is 1.88. The molecule has 10 atom stereocenters. The standard InChI is InChI=1S/C38H56N4O8/c1-11-31-38(10,46)35-25(6)33(40-27(8)43)23(4)19-37(9,32(22(2)3)24(5)34(44)26(7)36(45)49-31)48-21-28(20-47-35)41-50-30-15-13-29(14-16-30)42-18-12-17-39-42/h12-18,22-26,31-32,34-35,44,46H,11,19-21H2,1-10H3/b40-33?,41-28+/t23-,24-,25+,26-,31-,32-,34+,35-,37-,38-/m1/s1. The van der Waals surface area contributed by atoms with Gasteiger partial charge in [0.1, 0.15) is 17.4 Å². The molecule has 1 amide bonds. The molecular weight excluding hydrogens is 640 g/mol. The number of rotatable bonds is 5. The largest absolute Gasteiger partial charge is 0.459 e. The molecule has 2 saturated heterocycles. The molecule has 0 unspecified atom stereocenters. The Hall–Kier alpha value is -3.45.